The fraction of sp³-hybridized carbons (Fsp3) is 0.364. The molecule has 0 aliphatic carbocycles. The third kappa shape index (κ3) is 1.58. The number of phenolic OH excluding ortho intramolecular Hbond substituents is 1. The molecule has 0 saturated heterocycles. The molecule has 0 fully saturated rings. The number of fused-ring (bicyclic) bond motifs is 1. The van der Waals surface area contributed by atoms with Gasteiger partial charge < -0.3 is 14.6 Å². The first kappa shape index (κ1) is 9.06. The summed E-state index contributed by atoms with van der Waals surface area (Å²) < 4.78 is 5.38. The van der Waals surface area contributed by atoms with Gasteiger partial charge in [-0.15, -0.1) is 0 Å². The molecule has 3 heteroatoms. The number of aromatic hydroxyl groups is 1. The standard InChI is InChI=1S/C11H12O3/c1-7(12)4-8-6-14-11-5-9(13)2-3-10(8)11/h2-3,5,8,13H,4,6H2,1H3. The number of carbonyl (C=O) groups excluding carboxylic acids is 1. The van der Waals surface area contributed by atoms with Crippen molar-refractivity contribution in [3.63, 3.8) is 0 Å². The van der Waals surface area contributed by atoms with Crippen LogP contribution in [0.5, 0.6) is 11.5 Å². The Morgan fingerprint density at radius 1 is 1.64 bits per heavy atom. The first-order valence-electron chi connectivity index (χ1n) is 4.62. The Kier molecular flexibility index (Phi) is 2.15. The highest BCUT2D eigenvalue weighted by Crippen LogP contribution is 2.37. The number of phenols is 1. The number of hydrogen-bond acceptors (Lipinski definition) is 3. The van der Waals surface area contributed by atoms with Crippen molar-refractivity contribution in [2.45, 2.75) is 19.3 Å². The van der Waals surface area contributed by atoms with Gasteiger partial charge in [0, 0.05) is 24.0 Å². The monoisotopic (exact) mass is 192 g/mol. The van der Waals surface area contributed by atoms with Crippen molar-refractivity contribution in [1.82, 2.24) is 0 Å². The molecule has 1 unspecified atom stereocenters. The molecule has 0 amide bonds. The van der Waals surface area contributed by atoms with Gasteiger partial charge in [-0.05, 0) is 13.0 Å². The number of benzene rings is 1. The summed E-state index contributed by atoms with van der Waals surface area (Å²) in [7, 11) is 0. The Balaban J connectivity index is 2.26. The zero-order chi connectivity index (χ0) is 10.1. The second-order valence-corrected chi connectivity index (χ2v) is 3.64. The molecule has 1 heterocycles. The topological polar surface area (TPSA) is 46.5 Å². The Labute approximate surface area is 82.3 Å². The van der Waals surface area contributed by atoms with Gasteiger partial charge in [0.25, 0.3) is 0 Å². The van der Waals surface area contributed by atoms with Gasteiger partial charge in [0.05, 0.1) is 6.61 Å². The first-order chi connectivity index (χ1) is 6.66. The van der Waals surface area contributed by atoms with Crippen molar-refractivity contribution in [2.75, 3.05) is 6.61 Å². The van der Waals surface area contributed by atoms with Gasteiger partial charge in [0.2, 0.25) is 0 Å². The van der Waals surface area contributed by atoms with Gasteiger partial charge >= 0.3 is 0 Å². The third-order valence-corrected chi connectivity index (χ3v) is 2.41. The minimum atomic E-state index is 0.156. The number of ketones is 1. The summed E-state index contributed by atoms with van der Waals surface area (Å²) in [6, 6.07) is 5.04. The molecule has 2 rings (SSSR count). The number of ether oxygens (including phenoxy) is 1. The summed E-state index contributed by atoms with van der Waals surface area (Å²) in [6.45, 7) is 2.12. The smallest absolute Gasteiger partial charge is 0.130 e. The molecule has 74 valence electrons. The molecule has 1 aromatic rings. The van der Waals surface area contributed by atoms with Crippen molar-refractivity contribution in [3.05, 3.63) is 23.8 Å². The number of carbonyl (C=O) groups is 1. The quantitative estimate of drug-likeness (QED) is 0.777. The first-order valence-corrected chi connectivity index (χ1v) is 4.62. The largest absolute Gasteiger partial charge is 0.508 e. The van der Waals surface area contributed by atoms with E-state index in [1.165, 1.54) is 0 Å². The van der Waals surface area contributed by atoms with E-state index >= 15 is 0 Å². The molecule has 0 bridgehead atoms. The lowest BCUT2D eigenvalue weighted by molar-refractivity contribution is -0.117. The maximum atomic E-state index is 11.0. The molecule has 0 radical (unpaired) electrons. The van der Waals surface area contributed by atoms with Crippen molar-refractivity contribution >= 4 is 5.78 Å². The molecule has 1 atom stereocenters. The summed E-state index contributed by atoms with van der Waals surface area (Å²) in [5.41, 5.74) is 1.03. The van der Waals surface area contributed by atoms with E-state index in [-0.39, 0.29) is 17.5 Å². The van der Waals surface area contributed by atoms with Gasteiger partial charge in [0.1, 0.15) is 17.3 Å². The van der Waals surface area contributed by atoms with Gasteiger partial charge in [-0.25, -0.2) is 0 Å². The van der Waals surface area contributed by atoms with Gasteiger partial charge in [-0.2, -0.15) is 0 Å². The van der Waals surface area contributed by atoms with Crippen LogP contribution in [0.1, 0.15) is 24.8 Å². The maximum Gasteiger partial charge on any atom is 0.130 e. The van der Waals surface area contributed by atoms with E-state index in [0.29, 0.717) is 18.8 Å². The maximum absolute atomic E-state index is 11.0. The van der Waals surface area contributed by atoms with E-state index in [9.17, 15) is 9.90 Å². The summed E-state index contributed by atoms with van der Waals surface area (Å²) >= 11 is 0. The number of Topliss-reactive ketones (excluding diaryl/α,β-unsaturated/α-hetero) is 1. The normalized spacial score (nSPS) is 18.8. The van der Waals surface area contributed by atoms with Crippen molar-refractivity contribution in [3.8, 4) is 11.5 Å². The van der Waals surface area contributed by atoms with E-state index < -0.39 is 0 Å². The lowest BCUT2D eigenvalue weighted by Crippen LogP contribution is -2.05. The van der Waals surface area contributed by atoms with E-state index in [2.05, 4.69) is 0 Å². The minimum absolute atomic E-state index is 0.156. The van der Waals surface area contributed by atoms with Crippen LogP contribution in [0.15, 0.2) is 18.2 Å². The zero-order valence-electron chi connectivity index (χ0n) is 7.99. The lowest BCUT2D eigenvalue weighted by atomic mass is 9.96. The second kappa shape index (κ2) is 3.33. The van der Waals surface area contributed by atoms with Crippen LogP contribution in [0.4, 0.5) is 0 Å². The van der Waals surface area contributed by atoms with Crippen LogP contribution in [0.25, 0.3) is 0 Å². The molecule has 14 heavy (non-hydrogen) atoms. The number of hydrogen-bond donors (Lipinski definition) is 1. The fourth-order valence-electron chi connectivity index (χ4n) is 1.78. The molecule has 1 aromatic carbocycles. The van der Waals surface area contributed by atoms with Crippen molar-refractivity contribution < 1.29 is 14.6 Å². The number of rotatable bonds is 2. The highest BCUT2D eigenvalue weighted by Gasteiger charge is 2.25. The molecule has 0 spiro atoms. The summed E-state index contributed by atoms with van der Waals surface area (Å²) in [5.74, 6) is 1.23. The van der Waals surface area contributed by atoms with Crippen LogP contribution in [-0.4, -0.2) is 17.5 Å². The molecule has 1 N–H and O–H groups in total. The van der Waals surface area contributed by atoms with E-state index in [1.54, 1.807) is 19.1 Å². The summed E-state index contributed by atoms with van der Waals surface area (Å²) in [4.78, 5) is 11.0. The zero-order valence-corrected chi connectivity index (χ0v) is 7.99. The minimum Gasteiger partial charge on any atom is -0.508 e. The van der Waals surface area contributed by atoms with Crippen LogP contribution in [0.2, 0.25) is 0 Å². The van der Waals surface area contributed by atoms with E-state index in [0.717, 1.165) is 5.56 Å². The Bertz CT molecular complexity index is 371. The molecule has 0 aromatic heterocycles. The average Bonchev–Trinajstić information content (AvgIpc) is 2.47. The molecular formula is C11H12O3. The molecular weight excluding hydrogens is 180 g/mol. The molecule has 1 aliphatic heterocycles. The third-order valence-electron chi connectivity index (χ3n) is 2.41. The van der Waals surface area contributed by atoms with Crippen molar-refractivity contribution in [1.29, 1.82) is 0 Å². The predicted octanol–water partition coefficient (Wildman–Crippen LogP) is 1.85. The van der Waals surface area contributed by atoms with Crippen LogP contribution in [0.3, 0.4) is 0 Å². The SMILES string of the molecule is CC(=O)CC1COc2cc(O)ccc21. The van der Waals surface area contributed by atoms with E-state index in [4.69, 9.17) is 4.74 Å². The lowest BCUT2D eigenvalue weighted by Gasteiger charge is -2.04. The average molecular weight is 192 g/mol. The van der Waals surface area contributed by atoms with Crippen LogP contribution in [-0.2, 0) is 4.79 Å². The van der Waals surface area contributed by atoms with Crippen molar-refractivity contribution in [2.24, 2.45) is 0 Å². The van der Waals surface area contributed by atoms with E-state index in [1.807, 2.05) is 6.07 Å². The Morgan fingerprint density at radius 2 is 2.43 bits per heavy atom. The molecule has 0 saturated carbocycles. The van der Waals surface area contributed by atoms with Crippen LogP contribution in [0, 0.1) is 0 Å². The Morgan fingerprint density at radius 3 is 3.14 bits per heavy atom. The van der Waals surface area contributed by atoms with Crippen LogP contribution >= 0.6 is 0 Å². The fourth-order valence-corrected chi connectivity index (χ4v) is 1.78. The van der Waals surface area contributed by atoms with Crippen LogP contribution < -0.4 is 4.74 Å². The van der Waals surface area contributed by atoms with Gasteiger partial charge in [0.15, 0.2) is 0 Å². The van der Waals surface area contributed by atoms with Gasteiger partial charge in [-0.1, -0.05) is 6.07 Å². The summed E-state index contributed by atoms with van der Waals surface area (Å²) in [6.07, 6.45) is 0.512. The highest BCUT2D eigenvalue weighted by atomic mass is 16.5. The molecule has 1 aliphatic rings. The highest BCUT2D eigenvalue weighted by molar-refractivity contribution is 5.76. The molecule has 3 nitrogen and oxygen atoms in total. The predicted molar refractivity (Wildman–Crippen MR) is 51.6 cm³/mol. The Hall–Kier alpha value is -1.51. The second-order valence-electron chi connectivity index (χ2n) is 3.64. The summed E-state index contributed by atoms with van der Waals surface area (Å²) in [5, 5.41) is 9.22. The van der Waals surface area contributed by atoms with Gasteiger partial charge in [-0.3, -0.25) is 0 Å².